The second-order valence-electron chi connectivity index (χ2n) is 5.95. The minimum Gasteiger partial charge on any atom is -0.461 e. The van der Waals surface area contributed by atoms with E-state index in [0.29, 0.717) is 31.0 Å². The van der Waals surface area contributed by atoms with E-state index in [4.69, 9.17) is 10.00 Å². The summed E-state index contributed by atoms with van der Waals surface area (Å²) in [5.74, 6) is -0.367. The van der Waals surface area contributed by atoms with E-state index in [1.165, 1.54) is 0 Å². The SMILES string of the molecule is CCOC(=O)c1nn(Cc2cccc(C#N)c2)c2c1CN(C)CC2. The van der Waals surface area contributed by atoms with Crippen molar-refractivity contribution >= 4 is 5.97 Å². The van der Waals surface area contributed by atoms with Gasteiger partial charge in [-0.15, -0.1) is 0 Å². The van der Waals surface area contributed by atoms with E-state index < -0.39 is 0 Å². The first-order chi connectivity index (χ1) is 11.6. The molecule has 0 aliphatic carbocycles. The number of likely N-dealkylation sites (N-methyl/N-ethyl adjacent to an activating group) is 1. The summed E-state index contributed by atoms with van der Waals surface area (Å²) in [7, 11) is 2.03. The smallest absolute Gasteiger partial charge is 0.359 e. The first-order valence-electron chi connectivity index (χ1n) is 8.05. The Hall–Kier alpha value is -2.65. The van der Waals surface area contributed by atoms with Crippen molar-refractivity contribution in [3.05, 3.63) is 52.3 Å². The molecule has 0 N–H and O–H groups in total. The summed E-state index contributed by atoms with van der Waals surface area (Å²) in [6.07, 6.45) is 0.843. The van der Waals surface area contributed by atoms with E-state index in [1.807, 2.05) is 29.9 Å². The van der Waals surface area contributed by atoms with Crippen LogP contribution in [0.25, 0.3) is 0 Å². The molecule has 6 heteroatoms. The Balaban J connectivity index is 1.97. The third-order valence-corrected chi connectivity index (χ3v) is 4.18. The molecule has 124 valence electrons. The van der Waals surface area contributed by atoms with Crippen molar-refractivity contribution in [3.63, 3.8) is 0 Å². The fourth-order valence-electron chi connectivity index (χ4n) is 3.03. The first kappa shape index (κ1) is 16.2. The van der Waals surface area contributed by atoms with Gasteiger partial charge >= 0.3 is 5.97 Å². The van der Waals surface area contributed by atoms with Crippen LogP contribution in [0.4, 0.5) is 0 Å². The molecule has 0 unspecified atom stereocenters. The monoisotopic (exact) mass is 324 g/mol. The zero-order chi connectivity index (χ0) is 17.1. The zero-order valence-corrected chi connectivity index (χ0v) is 14.0. The van der Waals surface area contributed by atoms with Gasteiger partial charge in [0.25, 0.3) is 0 Å². The van der Waals surface area contributed by atoms with Gasteiger partial charge in [-0.25, -0.2) is 4.79 Å². The third-order valence-electron chi connectivity index (χ3n) is 4.18. The van der Waals surface area contributed by atoms with Crippen molar-refractivity contribution in [3.8, 4) is 6.07 Å². The molecule has 1 aromatic carbocycles. The molecule has 0 spiro atoms. The number of nitriles is 1. The Morgan fingerprint density at radius 3 is 3.04 bits per heavy atom. The summed E-state index contributed by atoms with van der Waals surface area (Å²) in [5.41, 5.74) is 4.07. The third kappa shape index (κ3) is 3.17. The van der Waals surface area contributed by atoms with Crippen molar-refractivity contribution in [2.45, 2.75) is 26.4 Å². The van der Waals surface area contributed by atoms with Crippen LogP contribution in [0.15, 0.2) is 24.3 Å². The molecule has 6 nitrogen and oxygen atoms in total. The first-order valence-corrected chi connectivity index (χ1v) is 8.05. The van der Waals surface area contributed by atoms with Gasteiger partial charge in [0.2, 0.25) is 0 Å². The number of carbonyl (C=O) groups excluding carboxylic acids is 1. The van der Waals surface area contributed by atoms with E-state index in [2.05, 4.69) is 16.1 Å². The number of esters is 1. The summed E-state index contributed by atoms with van der Waals surface area (Å²) in [6, 6.07) is 9.62. The Labute approximate surface area is 141 Å². The van der Waals surface area contributed by atoms with Crippen LogP contribution in [0, 0.1) is 11.3 Å². The molecule has 0 saturated heterocycles. The summed E-state index contributed by atoms with van der Waals surface area (Å²) >= 11 is 0. The van der Waals surface area contributed by atoms with Gasteiger partial charge in [0.1, 0.15) is 0 Å². The lowest BCUT2D eigenvalue weighted by molar-refractivity contribution is 0.0516. The van der Waals surface area contributed by atoms with Crippen LogP contribution in [0.2, 0.25) is 0 Å². The molecule has 1 aliphatic heterocycles. The van der Waals surface area contributed by atoms with Crippen molar-refractivity contribution in [2.24, 2.45) is 0 Å². The summed E-state index contributed by atoms with van der Waals surface area (Å²) in [4.78, 5) is 14.4. The Bertz CT molecular complexity index is 804. The molecule has 24 heavy (non-hydrogen) atoms. The maximum Gasteiger partial charge on any atom is 0.359 e. The highest BCUT2D eigenvalue weighted by Crippen LogP contribution is 2.23. The van der Waals surface area contributed by atoms with Crippen molar-refractivity contribution < 1.29 is 9.53 Å². The van der Waals surface area contributed by atoms with Crippen LogP contribution in [0.1, 0.15) is 39.8 Å². The Morgan fingerprint density at radius 1 is 1.46 bits per heavy atom. The predicted molar refractivity (Wildman–Crippen MR) is 88.5 cm³/mol. The molecule has 0 saturated carbocycles. The van der Waals surface area contributed by atoms with Gasteiger partial charge in [-0.3, -0.25) is 4.68 Å². The average molecular weight is 324 g/mol. The fraction of sp³-hybridized carbons (Fsp3) is 0.389. The molecule has 3 rings (SSSR count). The van der Waals surface area contributed by atoms with Crippen LogP contribution >= 0.6 is 0 Å². The van der Waals surface area contributed by atoms with Crippen LogP contribution in [-0.4, -0.2) is 40.8 Å². The van der Waals surface area contributed by atoms with Crippen LogP contribution in [0.5, 0.6) is 0 Å². The number of hydrogen-bond acceptors (Lipinski definition) is 5. The van der Waals surface area contributed by atoms with Crippen LogP contribution in [-0.2, 0) is 24.2 Å². The highest BCUT2D eigenvalue weighted by atomic mass is 16.5. The van der Waals surface area contributed by atoms with Crippen molar-refractivity contribution in [2.75, 3.05) is 20.2 Å². The van der Waals surface area contributed by atoms with Gasteiger partial charge in [0, 0.05) is 30.8 Å². The van der Waals surface area contributed by atoms with Gasteiger partial charge < -0.3 is 9.64 Å². The second-order valence-corrected chi connectivity index (χ2v) is 5.95. The van der Waals surface area contributed by atoms with E-state index in [-0.39, 0.29) is 5.97 Å². The minimum absolute atomic E-state index is 0.334. The number of fused-ring (bicyclic) bond motifs is 1. The fourth-order valence-corrected chi connectivity index (χ4v) is 3.03. The molecule has 0 amide bonds. The normalized spacial score (nSPS) is 14.0. The van der Waals surface area contributed by atoms with Crippen LogP contribution < -0.4 is 0 Å². The lowest BCUT2D eigenvalue weighted by Gasteiger charge is -2.23. The lowest BCUT2D eigenvalue weighted by Crippen LogP contribution is -2.28. The standard InChI is InChI=1S/C18H20N4O2/c1-3-24-18(23)17-15-12-21(2)8-7-16(15)22(20-17)11-14-6-4-5-13(9-14)10-19/h4-6,9H,3,7-8,11-12H2,1-2H3. The topological polar surface area (TPSA) is 71.1 Å². The van der Waals surface area contributed by atoms with E-state index >= 15 is 0 Å². The van der Waals surface area contributed by atoms with Gasteiger partial charge in [-0.2, -0.15) is 10.4 Å². The van der Waals surface area contributed by atoms with E-state index in [1.54, 1.807) is 13.0 Å². The van der Waals surface area contributed by atoms with Crippen LogP contribution in [0.3, 0.4) is 0 Å². The molecule has 0 radical (unpaired) electrons. The number of nitrogens with zero attached hydrogens (tertiary/aromatic N) is 4. The highest BCUT2D eigenvalue weighted by Gasteiger charge is 2.27. The van der Waals surface area contributed by atoms with Gasteiger partial charge in [-0.05, 0) is 31.7 Å². The number of aromatic nitrogens is 2. The van der Waals surface area contributed by atoms with Crippen molar-refractivity contribution in [1.82, 2.24) is 14.7 Å². The number of ether oxygens (including phenoxy) is 1. The maximum atomic E-state index is 12.2. The molecule has 1 aromatic heterocycles. The van der Waals surface area contributed by atoms with Gasteiger partial charge in [0.15, 0.2) is 5.69 Å². The molecule has 0 fully saturated rings. The van der Waals surface area contributed by atoms with Gasteiger partial charge in [0.05, 0.1) is 24.8 Å². The average Bonchev–Trinajstić information content (AvgIpc) is 2.93. The molecular formula is C18H20N4O2. The van der Waals surface area contributed by atoms with E-state index in [0.717, 1.165) is 29.8 Å². The highest BCUT2D eigenvalue weighted by molar-refractivity contribution is 5.89. The molecule has 1 aliphatic rings. The molecule has 2 heterocycles. The number of rotatable bonds is 4. The van der Waals surface area contributed by atoms with E-state index in [9.17, 15) is 4.79 Å². The maximum absolute atomic E-state index is 12.2. The molecule has 2 aromatic rings. The molecular weight excluding hydrogens is 304 g/mol. The predicted octanol–water partition coefficient (Wildman–Crippen LogP) is 1.97. The lowest BCUT2D eigenvalue weighted by atomic mass is 10.1. The second kappa shape index (κ2) is 6.85. The molecule has 0 atom stereocenters. The number of carbonyl (C=O) groups is 1. The summed E-state index contributed by atoms with van der Waals surface area (Å²) < 4.78 is 7.03. The van der Waals surface area contributed by atoms with Crippen molar-refractivity contribution in [1.29, 1.82) is 5.26 Å². The Morgan fingerprint density at radius 2 is 2.29 bits per heavy atom. The van der Waals surface area contributed by atoms with Gasteiger partial charge in [-0.1, -0.05) is 12.1 Å². The minimum atomic E-state index is -0.367. The largest absolute Gasteiger partial charge is 0.461 e. The number of hydrogen-bond donors (Lipinski definition) is 0. The summed E-state index contributed by atoms with van der Waals surface area (Å²) in [5, 5.41) is 13.6. The quantitative estimate of drug-likeness (QED) is 0.804. The number of benzene rings is 1. The molecule has 0 bridgehead atoms. The Kier molecular flexibility index (Phi) is 4.63. The zero-order valence-electron chi connectivity index (χ0n) is 14.0. The summed E-state index contributed by atoms with van der Waals surface area (Å²) in [6.45, 7) is 4.29.